The van der Waals surface area contributed by atoms with Gasteiger partial charge in [-0.15, -0.1) is 0 Å². The van der Waals surface area contributed by atoms with Gasteiger partial charge in [-0.25, -0.2) is 19.8 Å². The molecule has 0 spiro atoms. The number of pyridine rings is 1. The van der Waals surface area contributed by atoms with Crippen LogP contribution in [-0.2, 0) is 29.7 Å². The number of fused-ring (bicyclic) bond motifs is 1. The van der Waals surface area contributed by atoms with E-state index in [-0.39, 0.29) is 54.4 Å². The molecule has 2 N–H and O–H groups in total. The van der Waals surface area contributed by atoms with Crippen LogP contribution in [0.2, 0.25) is 0 Å². The van der Waals surface area contributed by atoms with Crippen LogP contribution in [-0.4, -0.2) is 85.5 Å². The number of nitrogens with two attached hydrogens (primary N) is 1. The quantitative estimate of drug-likeness (QED) is 0.0350. The molecule has 1 atom stereocenters. The number of hydrazine groups is 1. The third-order valence-electron chi connectivity index (χ3n) is 7.14. The van der Waals surface area contributed by atoms with Crippen LogP contribution in [0.3, 0.4) is 0 Å². The molecule has 4 rings (SSSR count). The summed E-state index contributed by atoms with van der Waals surface area (Å²) in [6, 6.07) is 8.75. The van der Waals surface area contributed by atoms with Gasteiger partial charge < -0.3 is 14.4 Å². The monoisotopic (exact) mass is 811 g/mol. The van der Waals surface area contributed by atoms with E-state index in [4.69, 9.17) is 19.4 Å². The van der Waals surface area contributed by atoms with Gasteiger partial charge in [0.25, 0.3) is 17.6 Å². The molecule has 264 valence electrons. The van der Waals surface area contributed by atoms with Crippen LogP contribution in [0.5, 0.6) is 0 Å². The molecule has 2 aromatic heterocycles. The molecule has 1 saturated heterocycles. The number of ketones is 1. The molecule has 0 radical (unpaired) electrons. The van der Waals surface area contributed by atoms with Gasteiger partial charge in [0.1, 0.15) is 6.73 Å². The first-order chi connectivity index (χ1) is 23.0. The van der Waals surface area contributed by atoms with Crippen molar-refractivity contribution >= 4 is 71.4 Å². The Morgan fingerprint density at radius 2 is 1.73 bits per heavy atom. The van der Waals surface area contributed by atoms with Gasteiger partial charge in [0.05, 0.1) is 33.9 Å². The maximum Gasteiger partial charge on any atom is 0.477 e. The highest BCUT2D eigenvalue weighted by Gasteiger charge is 2.39. The van der Waals surface area contributed by atoms with Crippen molar-refractivity contribution in [1.82, 2.24) is 19.4 Å². The van der Waals surface area contributed by atoms with E-state index >= 15 is 4.39 Å². The summed E-state index contributed by atoms with van der Waals surface area (Å²) in [5.74, 6) is 3.16. The Kier molecular flexibility index (Phi) is 12.2. The van der Waals surface area contributed by atoms with E-state index in [1.165, 1.54) is 28.1 Å². The highest BCUT2D eigenvalue weighted by Crippen LogP contribution is 2.56. The lowest BCUT2D eigenvalue weighted by Gasteiger charge is -2.34. The molecule has 1 fully saturated rings. The molecule has 1 aromatic carbocycles. The summed E-state index contributed by atoms with van der Waals surface area (Å²) in [5, 5.41) is 0.757. The van der Waals surface area contributed by atoms with Crippen molar-refractivity contribution in [2.24, 2.45) is 10.8 Å². The summed E-state index contributed by atoms with van der Waals surface area (Å²) in [5.41, 5.74) is -1.69. The predicted octanol–water partition coefficient (Wildman–Crippen LogP) is 5.32. The van der Waals surface area contributed by atoms with Crippen LogP contribution in [0, 0.1) is 5.82 Å². The van der Waals surface area contributed by atoms with Crippen molar-refractivity contribution in [2.45, 2.75) is 52.6 Å². The average Bonchev–Trinajstić information content (AvgIpc) is 3.45. The second-order valence-electron chi connectivity index (χ2n) is 12.7. The number of carbonyl (C=O) groups is 3. The number of nitrogens with zero attached hydrogens (tertiary/aromatic N) is 6. The number of halogens is 2. The molecule has 49 heavy (non-hydrogen) atoms. The lowest BCUT2D eigenvalue weighted by molar-refractivity contribution is -0.127. The fraction of sp³-hybridized carbons (Fsp3) is 0.406. The minimum absolute atomic E-state index is 0.0406. The molecular formula is C32H40FIN7O7P. The second-order valence-corrected chi connectivity index (χ2v) is 15.0. The highest BCUT2D eigenvalue weighted by atomic mass is 127. The number of aliphatic imine (C=N–C) groups is 1. The van der Waals surface area contributed by atoms with Crippen molar-refractivity contribution in [2.75, 3.05) is 35.6 Å². The number of hydrogen-bond donors (Lipinski definition) is 1. The van der Waals surface area contributed by atoms with Gasteiger partial charge >= 0.3 is 7.82 Å². The van der Waals surface area contributed by atoms with Crippen molar-refractivity contribution in [3.63, 3.8) is 0 Å². The number of piperazine rings is 1. The van der Waals surface area contributed by atoms with Crippen molar-refractivity contribution in [3.8, 4) is 0 Å². The number of phosphoric acid groups is 1. The van der Waals surface area contributed by atoms with Crippen LogP contribution in [0.1, 0.15) is 55.3 Å². The van der Waals surface area contributed by atoms with Gasteiger partial charge in [0.2, 0.25) is 0 Å². The molecule has 0 aliphatic carbocycles. The summed E-state index contributed by atoms with van der Waals surface area (Å²) in [6.07, 6.45) is 4.65. The first kappa shape index (κ1) is 38.3. The number of benzene rings is 1. The van der Waals surface area contributed by atoms with E-state index in [9.17, 15) is 18.9 Å². The number of anilines is 1. The zero-order chi connectivity index (χ0) is 36.1. The average molecular weight is 812 g/mol. The van der Waals surface area contributed by atoms with E-state index in [1.807, 2.05) is 6.07 Å². The van der Waals surface area contributed by atoms with Gasteiger partial charge in [-0.2, -0.15) is 0 Å². The second kappa shape index (κ2) is 15.6. The summed E-state index contributed by atoms with van der Waals surface area (Å²) in [6.45, 7) is 11.9. The Morgan fingerprint density at radius 1 is 1.10 bits per heavy atom. The Balaban J connectivity index is 1.69. The molecule has 0 bridgehead atoms. The number of carbonyl (C=O) groups excluding carboxylic acids is 3. The fourth-order valence-electron chi connectivity index (χ4n) is 4.94. The van der Waals surface area contributed by atoms with E-state index in [2.05, 4.69) is 39.3 Å². The molecule has 1 aliphatic rings. The van der Waals surface area contributed by atoms with E-state index in [1.54, 1.807) is 63.8 Å². The smallest absolute Gasteiger partial charge is 0.335 e. The number of alkyl halides is 1. The first-order valence-corrected chi connectivity index (χ1v) is 18.2. The van der Waals surface area contributed by atoms with E-state index in [0.717, 1.165) is 11.2 Å². The Morgan fingerprint density at radius 3 is 2.33 bits per heavy atom. The van der Waals surface area contributed by atoms with E-state index < -0.39 is 43.3 Å². The Labute approximate surface area is 297 Å². The third-order valence-corrected chi connectivity index (χ3v) is 10.9. The molecular weight excluding hydrogens is 771 g/mol. The minimum Gasteiger partial charge on any atom is -0.335 e. The molecule has 2 amide bonds. The topological polar surface area (TPSA) is 162 Å². The van der Waals surface area contributed by atoms with Crippen molar-refractivity contribution < 1.29 is 36.9 Å². The molecule has 14 nitrogen and oxygen atoms in total. The van der Waals surface area contributed by atoms with Gasteiger partial charge in [-0.1, -0.05) is 40.8 Å². The maximum absolute atomic E-state index is 15.6. The van der Waals surface area contributed by atoms with Crippen LogP contribution >= 0.6 is 30.4 Å². The van der Waals surface area contributed by atoms with Crippen molar-refractivity contribution in [3.05, 3.63) is 72.1 Å². The maximum atomic E-state index is 15.6. The Bertz CT molecular complexity index is 1790. The standard InChI is InChI=1S/C32H40FIN7O7P/c1-31(2,3)47-49(45,48-32(4,5)20-34)46-21-40-19-23(25-24(33)18-37-28(26(25)40)41(35)13-12-36-6)27(42)30(44)39-16-14-38(15-17-39)29(43)22-10-8-7-9-11-22/h7-13,18-19H,6,14-17,20-21,35H2,1-5H3/b13-12-. The van der Waals surface area contributed by atoms with E-state index in [0.29, 0.717) is 9.99 Å². The molecule has 1 aliphatic heterocycles. The van der Waals surface area contributed by atoms with Crippen LogP contribution in [0.4, 0.5) is 10.2 Å². The van der Waals surface area contributed by atoms with Crippen LogP contribution in [0.15, 0.2) is 60.1 Å². The predicted molar refractivity (Wildman–Crippen MR) is 192 cm³/mol. The number of phosphoric ester groups is 1. The zero-order valence-corrected chi connectivity index (χ0v) is 31.0. The molecule has 3 aromatic rings. The van der Waals surface area contributed by atoms with Gasteiger partial charge in [-0.05, 0) is 53.5 Å². The SMILES string of the molecule is C=N/C=C\N(N)c1ncc(F)c2c(C(=O)C(=O)N3CCN(C(=O)c4ccccc4)CC3)cn(COP(=O)(OC(C)(C)C)OC(C)(C)CI)c12. The summed E-state index contributed by atoms with van der Waals surface area (Å²) >= 11 is 2.08. The summed E-state index contributed by atoms with van der Waals surface area (Å²) in [7, 11) is -4.30. The first-order valence-electron chi connectivity index (χ1n) is 15.2. The summed E-state index contributed by atoms with van der Waals surface area (Å²) in [4.78, 5) is 51.0. The molecule has 1 unspecified atom stereocenters. The largest absolute Gasteiger partial charge is 0.477 e. The number of rotatable bonds is 13. The lowest BCUT2D eigenvalue weighted by Crippen LogP contribution is -2.52. The van der Waals surface area contributed by atoms with Crippen LogP contribution < -0.4 is 10.9 Å². The normalized spacial score (nSPS) is 15.4. The molecule has 17 heteroatoms. The molecule has 0 saturated carbocycles. The summed E-state index contributed by atoms with van der Waals surface area (Å²) < 4.78 is 48.7. The number of Topliss-reactive ketones (excluding diaryl/α,β-unsaturated/α-hetero) is 1. The highest BCUT2D eigenvalue weighted by molar-refractivity contribution is 14.1. The fourth-order valence-corrected chi connectivity index (χ4v) is 7.09. The number of aromatic nitrogens is 2. The zero-order valence-electron chi connectivity index (χ0n) is 28.0. The molecule has 3 heterocycles. The number of hydrogen-bond acceptors (Lipinski definition) is 11. The van der Waals surface area contributed by atoms with Crippen molar-refractivity contribution in [1.29, 1.82) is 0 Å². The minimum atomic E-state index is -4.30. The number of amides is 2. The van der Waals surface area contributed by atoms with Gasteiger partial charge in [0, 0.05) is 54.8 Å². The Hall–Kier alpha value is -3.54. The van der Waals surface area contributed by atoms with Crippen LogP contribution in [0.25, 0.3) is 10.9 Å². The third kappa shape index (κ3) is 9.38. The lowest BCUT2D eigenvalue weighted by atomic mass is 10.1. The van der Waals surface area contributed by atoms with Gasteiger partial charge in [-0.3, -0.25) is 38.0 Å². The van der Waals surface area contributed by atoms with Gasteiger partial charge in [0.15, 0.2) is 11.6 Å².